The SMILES string of the molecule is CC(=O)c1nnn(-c2ccc(Cl)cc2)c1C(F)(F)F. The first-order chi connectivity index (χ1) is 8.80. The molecular weight excluding hydrogens is 283 g/mol. The summed E-state index contributed by atoms with van der Waals surface area (Å²) in [7, 11) is 0. The fourth-order valence-corrected chi connectivity index (χ4v) is 1.66. The number of aromatic nitrogens is 3. The van der Waals surface area contributed by atoms with Crippen molar-refractivity contribution < 1.29 is 18.0 Å². The Labute approximate surface area is 110 Å². The Morgan fingerprint density at radius 1 is 1.26 bits per heavy atom. The third-order valence-corrected chi connectivity index (χ3v) is 2.60. The summed E-state index contributed by atoms with van der Waals surface area (Å²) in [5.41, 5.74) is -1.78. The van der Waals surface area contributed by atoms with Crippen LogP contribution >= 0.6 is 11.6 Å². The molecule has 0 spiro atoms. The molecule has 1 heterocycles. The number of ketones is 1. The van der Waals surface area contributed by atoms with Crippen molar-refractivity contribution in [3.8, 4) is 5.69 Å². The number of hydrogen-bond acceptors (Lipinski definition) is 3. The number of hydrogen-bond donors (Lipinski definition) is 0. The Bertz CT molecular complexity index is 619. The van der Waals surface area contributed by atoms with Crippen molar-refractivity contribution in [2.45, 2.75) is 13.1 Å². The zero-order valence-corrected chi connectivity index (χ0v) is 10.3. The highest BCUT2D eigenvalue weighted by Gasteiger charge is 2.41. The van der Waals surface area contributed by atoms with Crippen LogP contribution in [0.3, 0.4) is 0 Å². The number of carbonyl (C=O) groups is 1. The maximum atomic E-state index is 13.0. The molecule has 0 fully saturated rings. The molecule has 2 aromatic rings. The molecule has 4 nitrogen and oxygen atoms in total. The molecule has 0 saturated heterocycles. The van der Waals surface area contributed by atoms with Gasteiger partial charge in [-0.2, -0.15) is 13.2 Å². The third-order valence-electron chi connectivity index (χ3n) is 2.34. The Balaban J connectivity index is 2.64. The molecule has 0 N–H and O–H groups in total. The molecule has 0 radical (unpaired) electrons. The predicted molar refractivity (Wildman–Crippen MR) is 61.4 cm³/mol. The monoisotopic (exact) mass is 289 g/mol. The second-order valence-electron chi connectivity index (χ2n) is 3.73. The summed E-state index contributed by atoms with van der Waals surface area (Å²) in [6.45, 7) is 1.01. The van der Waals surface area contributed by atoms with Crippen molar-refractivity contribution >= 4 is 17.4 Å². The predicted octanol–water partition coefficient (Wildman–Crippen LogP) is 3.14. The van der Waals surface area contributed by atoms with Crippen LogP contribution in [-0.4, -0.2) is 20.8 Å². The Kier molecular flexibility index (Phi) is 3.32. The van der Waals surface area contributed by atoms with Gasteiger partial charge < -0.3 is 0 Å². The van der Waals surface area contributed by atoms with E-state index in [1.807, 2.05) is 0 Å². The summed E-state index contributed by atoms with van der Waals surface area (Å²) in [4.78, 5) is 11.2. The minimum absolute atomic E-state index is 0.122. The lowest BCUT2D eigenvalue weighted by Crippen LogP contribution is -2.16. The number of benzene rings is 1. The Morgan fingerprint density at radius 3 is 2.32 bits per heavy atom. The third kappa shape index (κ3) is 2.60. The van der Waals surface area contributed by atoms with Gasteiger partial charge in [0.2, 0.25) is 0 Å². The molecule has 0 aliphatic heterocycles. The van der Waals surface area contributed by atoms with Crippen LogP contribution in [0.1, 0.15) is 23.1 Å². The molecule has 0 aliphatic rings. The van der Waals surface area contributed by atoms with Gasteiger partial charge in [-0.3, -0.25) is 4.79 Å². The standard InChI is InChI=1S/C11H7ClF3N3O/c1-6(19)9-10(11(13,14)15)18(17-16-9)8-4-2-7(12)3-5-8/h2-5H,1H3. The van der Waals surface area contributed by atoms with Gasteiger partial charge in [-0.1, -0.05) is 16.8 Å². The molecule has 19 heavy (non-hydrogen) atoms. The Morgan fingerprint density at radius 2 is 1.84 bits per heavy atom. The first kappa shape index (κ1) is 13.5. The van der Waals surface area contributed by atoms with E-state index in [2.05, 4.69) is 10.3 Å². The van der Waals surface area contributed by atoms with E-state index in [0.29, 0.717) is 9.70 Å². The lowest BCUT2D eigenvalue weighted by molar-refractivity contribution is -0.143. The molecule has 0 unspecified atom stereocenters. The van der Waals surface area contributed by atoms with Crippen LogP contribution in [0.5, 0.6) is 0 Å². The summed E-state index contributed by atoms with van der Waals surface area (Å²) in [6, 6.07) is 5.56. The smallest absolute Gasteiger partial charge is 0.293 e. The highest BCUT2D eigenvalue weighted by atomic mass is 35.5. The molecule has 0 saturated carbocycles. The van der Waals surface area contributed by atoms with Crippen LogP contribution in [0.25, 0.3) is 5.69 Å². The van der Waals surface area contributed by atoms with Gasteiger partial charge in [-0.25, -0.2) is 4.68 Å². The van der Waals surface area contributed by atoms with Crippen molar-refractivity contribution in [2.24, 2.45) is 0 Å². The average molecular weight is 290 g/mol. The molecule has 0 amide bonds. The molecule has 0 atom stereocenters. The van der Waals surface area contributed by atoms with Gasteiger partial charge in [0, 0.05) is 11.9 Å². The van der Waals surface area contributed by atoms with E-state index in [9.17, 15) is 18.0 Å². The van der Waals surface area contributed by atoms with Gasteiger partial charge in [-0.15, -0.1) is 5.10 Å². The first-order valence-electron chi connectivity index (χ1n) is 5.10. The summed E-state index contributed by atoms with van der Waals surface area (Å²) >= 11 is 5.66. The fraction of sp³-hybridized carbons (Fsp3) is 0.182. The number of nitrogens with zero attached hydrogens (tertiary/aromatic N) is 3. The van der Waals surface area contributed by atoms with Gasteiger partial charge in [-0.05, 0) is 24.3 Å². The zero-order valence-electron chi connectivity index (χ0n) is 9.57. The average Bonchev–Trinajstić information content (AvgIpc) is 2.74. The maximum Gasteiger partial charge on any atom is 0.435 e. The van der Waals surface area contributed by atoms with E-state index in [4.69, 9.17) is 11.6 Å². The van der Waals surface area contributed by atoms with E-state index in [-0.39, 0.29) is 5.69 Å². The van der Waals surface area contributed by atoms with E-state index >= 15 is 0 Å². The van der Waals surface area contributed by atoms with E-state index in [1.54, 1.807) is 0 Å². The van der Waals surface area contributed by atoms with E-state index in [0.717, 1.165) is 6.92 Å². The summed E-state index contributed by atoms with van der Waals surface area (Å²) in [5.74, 6) is -0.799. The van der Waals surface area contributed by atoms with Crippen LogP contribution < -0.4 is 0 Å². The molecule has 0 aliphatic carbocycles. The minimum atomic E-state index is -4.73. The molecular formula is C11H7ClF3N3O. The first-order valence-corrected chi connectivity index (χ1v) is 5.48. The molecule has 100 valence electrons. The molecule has 0 bridgehead atoms. The maximum absolute atomic E-state index is 13.0. The van der Waals surface area contributed by atoms with Crippen LogP contribution in [0, 0.1) is 0 Å². The fourth-order valence-electron chi connectivity index (χ4n) is 1.54. The van der Waals surface area contributed by atoms with Crippen molar-refractivity contribution in [3.05, 3.63) is 40.7 Å². The molecule has 8 heteroatoms. The van der Waals surface area contributed by atoms with E-state index in [1.165, 1.54) is 24.3 Å². The summed E-state index contributed by atoms with van der Waals surface area (Å²) in [6.07, 6.45) is -4.73. The van der Waals surface area contributed by atoms with Crippen molar-refractivity contribution in [1.29, 1.82) is 0 Å². The second-order valence-corrected chi connectivity index (χ2v) is 4.17. The van der Waals surface area contributed by atoms with Gasteiger partial charge in [0.25, 0.3) is 0 Å². The topological polar surface area (TPSA) is 47.8 Å². The number of rotatable bonds is 2. The highest BCUT2D eigenvalue weighted by Crippen LogP contribution is 2.32. The summed E-state index contributed by atoms with van der Waals surface area (Å²) < 4.78 is 39.5. The highest BCUT2D eigenvalue weighted by molar-refractivity contribution is 6.30. The number of Topliss-reactive ketones (excluding diaryl/α,β-unsaturated/α-hetero) is 1. The lowest BCUT2D eigenvalue weighted by atomic mass is 10.2. The van der Waals surface area contributed by atoms with Gasteiger partial charge >= 0.3 is 6.18 Å². The van der Waals surface area contributed by atoms with Crippen LogP contribution in [-0.2, 0) is 6.18 Å². The molecule has 2 rings (SSSR count). The molecule has 1 aromatic carbocycles. The van der Waals surface area contributed by atoms with Gasteiger partial charge in [0.15, 0.2) is 17.2 Å². The van der Waals surface area contributed by atoms with Crippen molar-refractivity contribution in [1.82, 2.24) is 15.0 Å². The van der Waals surface area contributed by atoms with Crippen molar-refractivity contribution in [3.63, 3.8) is 0 Å². The number of carbonyl (C=O) groups excluding carboxylic acids is 1. The summed E-state index contributed by atoms with van der Waals surface area (Å²) in [5, 5.41) is 7.06. The quantitative estimate of drug-likeness (QED) is 0.798. The largest absolute Gasteiger partial charge is 0.435 e. The van der Waals surface area contributed by atoms with Gasteiger partial charge in [0.1, 0.15) is 0 Å². The number of halogens is 4. The van der Waals surface area contributed by atoms with Crippen LogP contribution in [0.4, 0.5) is 13.2 Å². The molecule has 1 aromatic heterocycles. The van der Waals surface area contributed by atoms with Crippen LogP contribution in [0.15, 0.2) is 24.3 Å². The van der Waals surface area contributed by atoms with E-state index < -0.39 is 23.3 Å². The van der Waals surface area contributed by atoms with Crippen molar-refractivity contribution in [2.75, 3.05) is 0 Å². The zero-order chi connectivity index (χ0) is 14.2. The normalized spacial score (nSPS) is 11.6. The number of alkyl halides is 3. The Hall–Kier alpha value is -1.89. The van der Waals surface area contributed by atoms with Crippen LogP contribution in [0.2, 0.25) is 5.02 Å². The second kappa shape index (κ2) is 4.65. The van der Waals surface area contributed by atoms with Gasteiger partial charge in [0.05, 0.1) is 5.69 Å². The lowest BCUT2D eigenvalue weighted by Gasteiger charge is -2.10. The minimum Gasteiger partial charge on any atom is -0.293 e.